The molecule has 0 fully saturated rings. The Morgan fingerprint density at radius 3 is 2.73 bits per heavy atom. The molecule has 30 heavy (non-hydrogen) atoms. The number of nitrogens with zero attached hydrogens (tertiary/aromatic N) is 3. The molecule has 0 saturated carbocycles. The zero-order valence-electron chi connectivity index (χ0n) is 16.1. The summed E-state index contributed by atoms with van der Waals surface area (Å²) < 4.78 is 43.3. The summed E-state index contributed by atoms with van der Waals surface area (Å²) in [7, 11) is 0. The first-order valence-corrected chi connectivity index (χ1v) is 10.4. The first-order valence-electron chi connectivity index (χ1n) is 9.37. The molecule has 0 spiro atoms. The Morgan fingerprint density at radius 2 is 1.93 bits per heavy atom. The van der Waals surface area contributed by atoms with Crippen LogP contribution in [0.5, 0.6) is 5.75 Å². The molecule has 9 heteroatoms. The third-order valence-corrected chi connectivity index (χ3v) is 5.67. The van der Waals surface area contributed by atoms with E-state index in [-0.39, 0.29) is 5.75 Å². The maximum atomic E-state index is 12.4. The molecule has 2 aromatic heterocycles. The third-order valence-electron chi connectivity index (χ3n) is 4.63. The molecule has 0 unspecified atom stereocenters. The van der Waals surface area contributed by atoms with E-state index >= 15 is 0 Å². The number of ether oxygens (including phenoxy) is 1. The molecule has 4 rings (SSSR count). The lowest BCUT2D eigenvalue weighted by Gasteiger charge is -2.10. The van der Waals surface area contributed by atoms with Gasteiger partial charge < -0.3 is 14.3 Å². The largest absolute Gasteiger partial charge is 0.573 e. The summed E-state index contributed by atoms with van der Waals surface area (Å²) in [5, 5.41) is 10.5. The molecule has 0 radical (unpaired) electrons. The number of thioether (sulfide) groups is 1. The molecule has 0 aliphatic heterocycles. The Hall–Kier alpha value is -2.94. The number of aromatic amines is 1. The Kier molecular flexibility index (Phi) is 5.72. The van der Waals surface area contributed by atoms with Crippen molar-refractivity contribution in [2.75, 3.05) is 0 Å². The predicted octanol–water partition coefficient (Wildman–Crippen LogP) is 5.56. The summed E-state index contributed by atoms with van der Waals surface area (Å²) in [6, 6.07) is 14.1. The molecule has 4 aromatic rings. The fourth-order valence-electron chi connectivity index (χ4n) is 3.30. The van der Waals surface area contributed by atoms with Crippen molar-refractivity contribution >= 4 is 22.7 Å². The number of halogens is 3. The van der Waals surface area contributed by atoms with Crippen LogP contribution in [-0.2, 0) is 18.7 Å². The van der Waals surface area contributed by atoms with Gasteiger partial charge in [0, 0.05) is 35.8 Å². The number of hydrogen-bond acceptors (Lipinski definition) is 4. The van der Waals surface area contributed by atoms with Crippen LogP contribution in [0.25, 0.3) is 10.9 Å². The van der Waals surface area contributed by atoms with E-state index in [1.165, 1.54) is 23.9 Å². The van der Waals surface area contributed by atoms with Crippen LogP contribution in [0.15, 0.2) is 59.9 Å². The van der Waals surface area contributed by atoms with E-state index in [0.29, 0.717) is 24.3 Å². The van der Waals surface area contributed by atoms with Gasteiger partial charge in [-0.25, -0.2) is 0 Å². The first-order chi connectivity index (χ1) is 14.4. The van der Waals surface area contributed by atoms with Crippen molar-refractivity contribution in [3.63, 3.8) is 0 Å². The molecular weight excluding hydrogens is 413 g/mol. The Balaban J connectivity index is 1.48. The minimum Gasteiger partial charge on any atom is -0.406 e. The minimum atomic E-state index is -4.70. The smallest absolute Gasteiger partial charge is 0.406 e. The lowest BCUT2D eigenvalue weighted by Crippen LogP contribution is -2.17. The summed E-state index contributed by atoms with van der Waals surface area (Å²) >= 11 is 1.43. The first kappa shape index (κ1) is 20.3. The lowest BCUT2D eigenvalue weighted by molar-refractivity contribution is -0.274. The van der Waals surface area contributed by atoms with Gasteiger partial charge in [-0.05, 0) is 36.2 Å². The Labute approximate surface area is 175 Å². The van der Waals surface area contributed by atoms with Crippen molar-refractivity contribution in [1.82, 2.24) is 19.7 Å². The second-order valence-corrected chi connectivity index (χ2v) is 7.61. The molecule has 0 amide bonds. The summed E-state index contributed by atoms with van der Waals surface area (Å²) in [5.74, 6) is 1.08. The summed E-state index contributed by atoms with van der Waals surface area (Å²) in [4.78, 5) is 3.27. The fourth-order valence-corrected chi connectivity index (χ4v) is 4.27. The van der Waals surface area contributed by atoms with Crippen molar-refractivity contribution in [2.45, 2.75) is 37.2 Å². The molecule has 0 aliphatic rings. The van der Waals surface area contributed by atoms with Crippen molar-refractivity contribution in [3.8, 4) is 5.75 Å². The molecule has 0 bridgehead atoms. The van der Waals surface area contributed by atoms with E-state index < -0.39 is 6.36 Å². The van der Waals surface area contributed by atoms with E-state index in [1.807, 2.05) is 35.9 Å². The maximum Gasteiger partial charge on any atom is 0.573 e. The van der Waals surface area contributed by atoms with Crippen LogP contribution in [0, 0.1) is 0 Å². The zero-order chi connectivity index (χ0) is 21.1. The van der Waals surface area contributed by atoms with Crippen molar-refractivity contribution in [3.05, 3.63) is 71.7 Å². The number of rotatable bonds is 7. The molecule has 2 aromatic carbocycles. The number of hydrogen-bond donors (Lipinski definition) is 1. The quantitative estimate of drug-likeness (QED) is 0.389. The summed E-state index contributed by atoms with van der Waals surface area (Å²) in [6.07, 6.45) is -2.08. The van der Waals surface area contributed by atoms with Gasteiger partial charge in [0.25, 0.3) is 0 Å². The zero-order valence-corrected chi connectivity index (χ0v) is 16.9. The number of aromatic nitrogens is 4. The second kappa shape index (κ2) is 8.43. The SMILES string of the molecule is CCn1c(Cc2c[nH]c3ccccc23)nnc1SCc1cccc(OC(F)(F)F)c1. The van der Waals surface area contributed by atoms with Crippen LogP contribution in [0.2, 0.25) is 0 Å². The number of para-hydroxylation sites is 1. The van der Waals surface area contributed by atoms with Crippen LogP contribution < -0.4 is 4.74 Å². The van der Waals surface area contributed by atoms with Gasteiger partial charge >= 0.3 is 6.36 Å². The van der Waals surface area contributed by atoms with Gasteiger partial charge in [0.2, 0.25) is 0 Å². The average molecular weight is 432 g/mol. The van der Waals surface area contributed by atoms with Gasteiger partial charge in [-0.1, -0.05) is 42.1 Å². The van der Waals surface area contributed by atoms with Crippen molar-refractivity contribution in [2.24, 2.45) is 0 Å². The number of H-pyrrole nitrogens is 1. The highest BCUT2D eigenvalue weighted by Crippen LogP contribution is 2.28. The Bertz CT molecular complexity index is 1150. The van der Waals surface area contributed by atoms with Crippen LogP contribution in [0.3, 0.4) is 0 Å². The molecule has 0 aliphatic carbocycles. The van der Waals surface area contributed by atoms with Gasteiger partial charge in [0.05, 0.1) is 0 Å². The van der Waals surface area contributed by atoms with Gasteiger partial charge in [-0.15, -0.1) is 23.4 Å². The fraction of sp³-hybridized carbons (Fsp3) is 0.238. The van der Waals surface area contributed by atoms with E-state index in [2.05, 4.69) is 26.0 Å². The van der Waals surface area contributed by atoms with E-state index in [0.717, 1.165) is 27.4 Å². The molecule has 5 nitrogen and oxygen atoms in total. The van der Waals surface area contributed by atoms with Gasteiger partial charge in [-0.2, -0.15) is 0 Å². The molecule has 2 heterocycles. The Morgan fingerprint density at radius 1 is 1.10 bits per heavy atom. The molecule has 0 saturated heterocycles. The molecular formula is C21H19F3N4OS. The average Bonchev–Trinajstić information content (AvgIpc) is 3.29. The van der Waals surface area contributed by atoms with Gasteiger partial charge in [-0.3, -0.25) is 0 Å². The highest BCUT2D eigenvalue weighted by molar-refractivity contribution is 7.98. The molecule has 0 atom stereocenters. The molecule has 156 valence electrons. The number of nitrogens with one attached hydrogen (secondary N) is 1. The highest BCUT2D eigenvalue weighted by atomic mass is 32.2. The van der Waals surface area contributed by atoms with Crippen LogP contribution in [0.4, 0.5) is 13.2 Å². The van der Waals surface area contributed by atoms with Gasteiger partial charge in [0.15, 0.2) is 5.16 Å². The van der Waals surface area contributed by atoms with E-state index in [9.17, 15) is 13.2 Å². The lowest BCUT2D eigenvalue weighted by atomic mass is 10.1. The van der Waals surface area contributed by atoms with Crippen LogP contribution in [0.1, 0.15) is 23.9 Å². The summed E-state index contributed by atoms with van der Waals surface area (Å²) in [5.41, 5.74) is 2.93. The standard InChI is InChI=1S/C21H19F3N4OS/c1-2-28-19(11-15-12-25-18-9-4-3-8-17(15)18)26-27-20(28)30-13-14-6-5-7-16(10-14)29-21(22,23)24/h3-10,12,25H,2,11,13H2,1H3. The van der Waals surface area contributed by atoms with Crippen molar-refractivity contribution in [1.29, 1.82) is 0 Å². The van der Waals surface area contributed by atoms with Crippen LogP contribution in [-0.4, -0.2) is 26.1 Å². The summed E-state index contributed by atoms with van der Waals surface area (Å²) in [6.45, 7) is 2.72. The molecule has 1 N–H and O–H groups in total. The van der Waals surface area contributed by atoms with E-state index in [1.54, 1.807) is 12.1 Å². The van der Waals surface area contributed by atoms with E-state index in [4.69, 9.17) is 0 Å². The maximum absolute atomic E-state index is 12.4. The second-order valence-electron chi connectivity index (χ2n) is 6.66. The third kappa shape index (κ3) is 4.62. The normalized spacial score (nSPS) is 11.9. The number of alkyl halides is 3. The number of fused-ring (bicyclic) bond motifs is 1. The predicted molar refractivity (Wildman–Crippen MR) is 109 cm³/mol. The highest BCUT2D eigenvalue weighted by Gasteiger charge is 2.31. The monoisotopic (exact) mass is 432 g/mol. The number of benzene rings is 2. The minimum absolute atomic E-state index is 0.224. The topological polar surface area (TPSA) is 55.7 Å². The van der Waals surface area contributed by atoms with Gasteiger partial charge in [0.1, 0.15) is 11.6 Å². The van der Waals surface area contributed by atoms with Crippen LogP contribution >= 0.6 is 11.8 Å². The van der Waals surface area contributed by atoms with Crippen molar-refractivity contribution < 1.29 is 17.9 Å².